The number of sulfonamides is 1. The Balaban J connectivity index is 2.30. The number of anilines is 2. The minimum absolute atomic E-state index is 0.123. The quantitative estimate of drug-likeness (QED) is 0.846. The molecule has 0 saturated heterocycles. The van der Waals surface area contributed by atoms with Crippen LogP contribution in [0.5, 0.6) is 0 Å². The summed E-state index contributed by atoms with van der Waals surface area (Å²) in [5, 5.41) is 8.65. The predicted molar refractivity (Wildman–Crippen MR) is 72.8 cm³/mol. The van der Waals surface area contributed by atoms with E-state index in [2.05, 4.69) is 4.72 Å². The molecule has 102 valence electrons. The van der Waals surface area contributed by atoms with E-state index in [-0.39, 0.29) is 16.3 Å². The van der Waals surface area contributed by atoms with Gasteiger partial charge < -0.3 is 5.73 Å². The molecular weight excluding hydrogens is 281 g/mol. The SMILES string of the molecule is N#Cc1ccc(NS(=O)(=O)c2ccc(N)c(F)c2)cc1. The van der Waals surface area contributed by atoms with Crippen LogP contribution in [0.3, 0.4) is 0 Å². The zero-order valence-corrected chi connectivity index (χ0v) is 11.0. The third-order valence-electron chi connectivity index (χ3n) is 2.55. The van der Waals surface area contributed by atoms with Gasteiger partial charge >= 0.3 is 0 Å². The van der Waals surface area contributed by atoms with Crippen molar-refractivity contribution in [3.63, 3.8) is 0 Å². The average Bonchev–Trinajstić information content (AvgIpc) is 2.42. The Morgan fingerprint density at radius 2 is 1.80 bits per heavy atom. The van der Waals surface area contributed by atoms with Gasteiger partial charge in [-0.25, -0.2) is 12.8 Å². The standard InChI is InChI=1S/C13H10FN3O2S/c14-12-7-11(5-6-13(12)16)20(18,19)17-10-3-1-9(8-15)2-4-10/h1-7,17H,16H2. The van der Waals surface area contributed by atoms with Gasteiger partial charge in [0.15, 0.2) is 0 Å². The molecule has 0 saturated carbocycles. The molecular formula is C13H10FN3O2S. The molecule has 0 aliphatic heterocycles. The predicted octanol–water partition coefficient (Wildman–Crippen LogP) is 2.08. The van der Waals surface area contributed by atoms with Crippen molar-refractivity contribution in [2.24, 2.45) is 0 Å². The fourth-order valence-electron chi connectivity index (χ4n) is 1.50. The summed E-state index contributed by atoms with van der Waals surface area (Å²) in [6.07, 6.45) is 0. The van der Waals surface area contributed by atoms with Gasteiger partial charge in [-0.1, -0.05) is 0 Å². The van der Waals surface area contributed by atoms with E-state index in [0.29, 0.717) is 5.56 Å². The highest BCUT2D eigenvalue weighted by Gasteiger charge is 2.15. The van der Waals surface area contributed by atoms with Crippen molar-refractivity contribution >= 4 is 21.4 Å². The van der Waals surface area contributed by atoms with Crippen LogP contribution in [0.2, 0.25) is 0 Å². The molecule has 0 heterocycles. The lowest BCUT2D eigenvalue weighted by atomic mass is 10.2. The van der Waals surface area contributed by atoms with Crippen molar-refractivity contribution in [2.45, 2.75) is 4.90 Å². The van der Waals surface area contributed by atoms with Gasteiger partial charge in [0, 0.05) is 5.69 Å². The highest BCUT2D eigenvalue weighted by atomic mass is 32.2. The molecule has 0 radical (unpaired) electrons. The van der Waals surface area contributed by atoms with Crippen molar-refractivity contribution in [3.8, 4) is 6.07 Å². The molecule has 0 aliphatic rings. The zero-order chi connectivity index (χ0) is 14.8. The van der Waals surface area contributed by atoms with E-state index in [1.165, 1.54) is 36.4 Å². The zero-order valence-electron chi connectivity index (χ0n) is 10.2. The maximum absolute atomic E-state index is 13.3. The Bertz CT molecular complexity index is 780. The number of rotatable bonds is 3. The van der Waals surface area contributed by atoms with Crippen LogP contribution in [0.1, 0.15) is 5.56 Å². The third-order valence-corrected chi connectivity index (χ3v) is 3.93. The lowest BCUT2D eigenvalue weighted by Gasteiger charge is -2.08. The number of hydrogen-bond acceptors (Lipinski definition) is 4. The maximum atomic E-state index is 13.3. The molecule has 0 bridgehead atoms. The molecule has 0 spiro atoms. The second kappa shape index (κ2) is 5.19. The lowest BCUT2D eigenvalue weighted by molar-refractivity contribution is 0.596. The van der Waals surface area contributed by atoms with Crippen molar-refractivity contribution in [1.82, 2.24) is 0 Å². The van der Waals surface area contributed by atoms with Crippen LogP contribution in [0.4, 0.5) is 15.8 Å². The maximum Gasteiger partial charge on any atom is 0.261 e. The van der Waals surface area contributed by atoms with Gasteiger partial charge in [0.25, 0.3) is 10.0 Å². The molecule has 20 heavy (non-hydrogen) atoms. The summed E-state index contributed by atoms with van der Waals surface area (Å²) in [7, 11) is -3.90. The molecule has 0 atom stereocenters. The first-order valence-electron chi connectivity index (χ1n) is 5.50. The van der Waals surface area contributed by atoms with Gasteiger partial charge in [-0.2, -0.15) is 5.26 Å². The van der Waals surface area contributed by atoms with E-state index < -0.39 is 15.8 Å². The monoisotopic (exact) mass is 291 g/mol. The molecule has 2 aromatic rings. The summed E-state index contributed by atoms with van der Waals surface area (Å²) in [6.45, 7) is 0. The van der Waals surface area contributed by atoms with Crippen molar-refractivity contribution in [1.29, 1.82) is 5.26 Å². The van der Waals surface area contributed by atoms with Crippen molar-refractivity contribution < 1.29 is 12.8 Å². The van der Waals surface area contributed by atoms with E-state index in [4.69, 9.17) is 11.0 Å². The van der Waals surface area contributed by atoms with Gasteiger partial charge in [0.2, 0.25) is 0 Å². The molecule has 5 nitrogen and oxygen atoms in total. The molecule has 3 N–H and O–H groups in total. The molecule has 0 fully saturated rings. The highest BCUT2D eigenvalue weighted by Crippen LogP contribution is 2.19. The molecule has 7 heteroatoms. The average molecular weight is 291 g/mol. The number of nitrogens with zero attached hydrogens (tertiary/aromatic N) is 1. The summed E-state index contributed by atoms with van der Waals surface area (Å²) in [4.78, 5) is -0.228. The Kier molecular flexibility index (Phi) is 3.59. The van der Waals surface area contributed by atoms with Crippen LogP contribution in [0.15, 0.2) is 47.4 Å². The molecule has 0 amide bonds. The van der Waals surface area contributed by atoms with Crippen LogP contribution in [-0.4, -0.2) is 8.42 Å². The van der Waals surface area contributed by atoms with E-state index in [0.717, 1.165) is 6.07 Å². The number of nitriles is 1. The van der Waals surface area contributed by atoms with Crippen LogP contribution in [0.25, 0.3) is 0 Å². The first-order valence-corrected chi connectivity index (χ1v) is 6.99. The first kappa shape index (κ1) is 13.8. The van der Waals surface area contributed by atoms with E-state index >= 15 is 0 Å². The van der Waals surface area contributed by atoms with Gasteiger partial charge in [0.1, 0.15) is 5.82 Å². The fourth-order valence-corrected chi connectivity index (χ4v) is 2.57. The number of halogens is 1. The molecule has 0 aliphatic carbocycles. The molecule has 2 aromatic carbocycles. The van der Waals surface area contributed by atoms with E-state index in [9.17, 15) is 12.8 Å². The van der Waals surface area contributed by atoms with Crippen LogP contribution >= 0.6 is 0 Å². The number of nitrogen functional groups attached to an aromatic ring is 1. The number of benzene rings is 2. The lowest BCUT2D eigenvalue weighted by Crippen LogP contribution is -2.13. The van der Waals surface area contributed by atoms with Crippen LogP contribution in [-0.2, 0) is 10.0 Å². The minimum atomic E-state index is -3.90. The Morgan fingerprint density at radius 3 is 2.35 bits per heavy atom. The first-order chi connectivity index (χ1) is 9.42. The van der Waals surface area contributed by atoms with Crippen molar-refractivity contribution in [2.75, 3.05) is 10.5 Å². The Hall–Kier alpha value is -2.59. The van der Waals surface area contributed by atoms with Crippen LogP contribution in [0, 0.1) is 17.1 Å². The highest BCUT2D eigenvalue weighted by molar-refractivity contribution is 7.92. The van der Waals surface area contributed by atoms with E-state index in [1.54, 1.807) is 0 Å². The Morgan fingerprint density at radius 1 is 1.15 bits per heavy atom. The number of nitrogens with one attached hydrogen (secondary N) is 1. The van der Waals surface area contributed by atoms with Gasteiger partial charge in [-0.05, 0) is 42.5 Å². The second-order valence-corrected chi connectivity index (χ2v) is 5.66. The number of hydrogen-bond donors (Lipinski definition) is 2. The molecule has 2 rings (SSSR count). The summed E-state index contributed by atoms with van der Waals surface area (Å²) in [5.41, 5.74) is 5.86. The smallest absolute Gasteiger partial charge is 0.261 e. The minimum Gasteiger partial charge on any atom is -0.396 e. The summed E-state index contributed by atoms with van der Waals surface area (Å²) >= 11 is 0. The fraction of sp³-hybridized carbons (Fsp3) is 0. The van der Waals surface area contributed by atoms with Crippen molar-refractivity contribution in [3.05, 3.63) is 53.8 Å². The summed E-state index contributed by atoms with van der Waals surface area (Å²) < 4.78 is 39.7. The normalized spacial score (nSPS) is 10.8. The molecule has 0 aromatic heterocycles. The van der Waals surface area contributed by atoms with Gasteiger partial charge in [-0.15, -0.1) is 0 Å². The Labute approximate surface area is 115 Å². The largest absolute Gasteiger partial charge is 0.396 e. The third kappa shape index (κ3) is 2.87. The van der Waals surface area contributed by atoms with Gasteiger partial charge in [0.05, 0.1) is 22.2 Å². The summed E-state index contributed by atoms with van der Waals surface area (Å²) in [6, 6.07) is 11.0. The van der Waals surface area contributed by atoms with Crippen LogP contribution < -0.4 is 10.5 Å². The van der Waals surface area contributed by atoms with Gasteiger partial charge in [-0.3, -0.25) is 4.72 Å². The number of nitrogens with two attached hydrogens (primary N) is 1. The summed E-state index contributed by atoms with van der Waals surface area (Å²) in [5.74, 6) is -0.798. The second-order valence-electron chi connectivity index (χ2n) is 3.98. The molecule has 0 unspecified atom stereocenters. The topological polar surface area (TPSA) is 96.0 Å². The van der Waals surface area contributed by atoms with E-state index in [1.807, 2.05) is 6.07 Å².